The lowest BCUT2D eigenvalue weighted by atomic mass is 9.92. The summed E-state index contributed by atoms with van der Waals surface area (Å²) in [4.78, 5) is 0. The van der Waals surface area contributed by atoms with Crippen LogP contribution in [0.25, 0.3) is 0 Å². The first-order chi connectivity index (χ1) is 9.69. The Bertz CT molecular complexity index is 531. The Labute approximate surface area is 122 Å². The van der Waals surface area contributed by atoms with Gasteiger partial charge in [-0.15, -0.1) is 0 Å². The maximum Gasteiger partial charge on any atom is 0.0521 e. The largest absolute Gasteiger partial charge is 0.316 e. The second-order valence-corrected chi connectivity index (χ2v) is 5.48. The van der Waals surface area contributed by atoms with Gasteiger partial charge in [0.15, 0.2) is 0 Å². The van der Waals surface area contributed by atoms with Crippen molar-refractivity contribution in [1.29, 1.82) is 0 Å². The molecule has 1 N–H and O–H groups in total. The molecule has 3 nitrogen and oxygen atoms in total. The molecule has 2 aromatic rings. The Morgan fingerprint density at radius 2 is 2.20 bits per heavy atom. The fourth-order valence-corrected chi connectivity index (χ4v) is 2.57. The van der Waals surface area contributed by atoms with E-state index in [4.69, 9.17) is 0 Å². The van der Waals surface area contributed by atoms with Gasteiger partial charge in [0.1, 0.15) is 0 Å². The normalized spacial score (nSPS) is 12.6. The van der Waals surface area contributed by atoms with Crippen LogP contribution in [0.2, 0.25) is 0 Å². The van der Waals surface area contributed by atoms with Crippen LogP contribution in [0.1, 0.15) is 36.0 Å². The molecule has 0 aliphatic carbocycles. The average molecular weight is 271 g/mol. The quantitative estimate of drug-likeness (QED) is 0.839. The highest BCUT2D eigenvalue weighted by Crippen LogP contribution is 2.22. The molecule has 0 saturated carbocycles. The van der Waals surface area contributed by atoms with E-state index in [2.05, 4.69) is 54.7 Å². The summed E-state index contributed by atoms with van der Waals surface area (Å²) in [6.07, 6.45) is 6.32. The summed E-state index contributed by atoms with van der Waals surface area (Å²) in [5, 5.41) is 7.73. The second-order valence-electron chi connectivity index (χ2n) is 5.48. The molecule has 108 valence electrons. The third kappa shape index (κ3) is 4.20. The first kappa shape index (κ1) is 14.8. The second kappa shape index (κ2) is 7.25. The van der Waals surface area contributed by atoms with Crippen LogP contribution >= 0.6 is 0 Å². The highest BCUT2D eigenvalue weighted by atomic mass is 15.2. The van der Waals surface area contributed by atoms with Gasteiger partial charge in [0, 0.05) is 19.8 Å². The minimum absolute atomic E-state index is 0.565. The highest BCUT2D eigenvalue weighted by molar-refractivity contribution is 5.26. The van der Waals surface area contributed by atoms with Gasteiger partial charge in [-0.25, -0.2) is 0 Å². The van der Waals surface area contributed by atoms with Crippen LogP contribution in [-0.2, 0) is 13.5 Å². The van der Waals surface area contributed by atoms with Crippen molar-refractivity contribution < 1.29 is 0 Å². The molecule has 1 heterocycles. The van der Waals surface area contributed by atoms with Crippen LogP contribution in [-0.4, -0.2) is 22.9 Å². The lowest BCUT2D eigenvalue weighted by Crippen LogP contribution is -2.21. The Kier molecular flexibility index (Phi) is 5.36. The molecule has 1 aromatic carbocycles. The molecular formula is C17H25N3. The molecule has 1 aromatic heterocycles. The molecule has 0 radical (unpaired) electrons. The molecule has 0 saturated heterocycles. The van der Waals surface area contributed by atoms with Gasteiger partial charge in [0.05, 0.1) is 6.20 Å². The molecule has 0 aliphatic heterocycles. The van der Waals surface area contributed by atoms with Gasteiger partial charge in [0.25, 0.3) is 0 Å². The van der Waals surface area contributed by atoms with Crippen molar-refractivity contribution >= 4 is 0 Å². The molecule has 0 spiro atoms. The minimum Gasteiger partial charge on any atom is -0.316 e. The van der Waals surface area contributed by atoms with E-state index in [1.54, 1.807) is 0 Å². The van der Waals surface area contributed by atoms with Crippen molar-refractivity contribution in [1.82, 2.24) is 15.1 Å². The molecule has 0 fully saturated rings. The fraction of sp³-hybridized carbons (Fsp3) is 0.471. The van der Waals surface area contributed by atoms with E-state index >= 15 is 0 Å². The molecule has 1 atom stereocenters. The fourth-order valence-electron chi connectivity index (χ4n) is 2.57. The zero-order chi connectivity index (χ0) is 14.4. The lowest BCUT2D eigenvalue weighted by molar-refractivity contribution is 0.561. The summed E-state index contributed by atoms with van der Waals surface area (Å²) < 4.78 is 1.88. The standard InChI is InChI=1S/C17H25N3/c1-4-18-12-17(16-7-5-6-14(2)10-16)9-8-15-11-19-20(3)13-15/h5-7,10-11,13,17-18H,4,8-9,12H2,1-3H3. The number of aromatic nitrogens is 2. The van der Waals surface area contributed by atoms with Gasteiger partial charge in [0.2, 0.25) is 0 Å². The lowest BCUT2D eigenvalue weighted by Gasteiger charge is -2.18. The van der Waals surface area contributed by atoms with Crippen LogP contribution in [0.5, 0.6) is 0 Å². The van der Waals surface area contributed by atoms with Gasteiger partial charge in [-0.1, -0.05) is 36.8 Å². The van der Waals surface area contributed by atoms with Crippen LogP contribution in [0, 0.1) is 6.92 Å². The smallest absolute Gasteiger partial charge is 0.0521 e. The molecule has 2 rings (SSSR count). The van der Waals surface area contributed by atoms with E-state index in [0.717, 1.165) is 25.9 Å². The summed E-state index contributed by atoms with van der Waals surface area (Å²) in [5.74, 6) is 0.565. The number of hydrogen-bond donors (Lipinski definition) is 1. The zero-order valence-corrected chi connectivity index (χ0v) is 12.8. The van der Waals surface area contributed by atoms with Crippen molar-refractivity contribution in [2.75, 3.05) is 13.1 Å². The zero-order valence-electron chi connectivity index (χ0n) is 12.8. The minimum atomic E-state index is 0.565. The Balaban J connectivity index is 2.03. The summed E-state index contributed by atoms with van der Waals surface area (Å²) in [5.41, 5.74) is 4.10. The Morgan fingerprint density at radius 3 is 2.85 bits per heavy atom. The number of nitrogens with zero attached hydrogens (tertiary/aromatic N) is 2. The predicted octanol–water partition coefficient (Wildman–Crippen LogP) is 3.05. The van der Waals surface area contributed by atoms with E-state index < -0.39 is 0 Å². The van der Waals surface area contributed by atoms with Crippen molar-refractivity contribution in [2.24, 2.45) is 7.05 Å². The number of likely N-dealkylation sites (N-methyl/N-ethyl adjacent to an activating group) is 1. The van der Waals surface area contributed by atoms with E-state index in [1.807, 2.05) is 17.9 Å². The topological polar surface area (TPSA) is 29.9 Å². The molecule has 0 bridgehead atoms. The predicted molar refractivity (Wildman–Crippen MR) is 84.0 cm³/mol. The van der Waals surface area contributed by atoms with Crippen LogP contribution in [0.15, 0.2) is 36.7 Å². The third-order valence-corrected chi connectivity index (χ3v) is 3.69. The molecular weight excluding hydrogens is 246 g/mol. The highest BCUT2D eigenvalue weighted by Gasteiger charge is 2.12. The Hall–Kier alpha value is -1.61. The van der Waals surface area contributed by atoms with E-state index in [9.17, 15) is 0 Å². The van der Waals surface area contributed by atoms with Crippen molar-refractivity contribution in [2.45, 2.75) is 32.6 Å². The average Bonchev–Trinajstić information content (AvgIpc) is 2.85. The number of aryl methyl sites for hydroxylation is 3. The first-order valence-electron chi connectivity index (χ1n) is 7.44. The van der Waals surface area contributed by atoms with Gasteiger partial charge in [-0.05, 0) is 43.4 Å². The number of rotatable bonds is 7. The van der Waals surface area contributed by atoms with Crippen LogP contribution < -0.4 is 5.32 Å². The number of nitrogens with one attached hydrogen (secondary N) is 1. The van der Waals surface area contributed by atoms with E-state index in [0.29, 0.717) is 5.92 Å². The van der Waals surface area contributed by atoms with Gasteiger partial charge < -0.3 is 5.32 Å². The van der Waals surface area contributed by atoms with Gasteiger partial charge in [-0.3, -0.25) is 4.68 Å². The molecule has 3 heteroatoms. The summed E-state index contributed by atoms with van der Waals surface area (Å²) in [7, 11) is 1.97. The molecule has 20 heavy (non-hydrogen) atoms. The van der Waals surface area contributed by atoms with Crippen molar-refractivity contribution in [3.8, 4) is 0 Å². The SMILES string of the molecule is CCNCC(CCc1cnn(C)c1)c1cccc(C)c1. The van der Waals surface area contributed by atoms with Gasteiger partial charge in [-0.2, -0.15) is 5.10 Å². The van der Waals surface area contributed by atoms with E-state index in [1.165, 1.54) is 16.7 Å². The van der Waals surface area contributed by atoms with E-state index in [-0.39, 0.29) is 0 Å². The molecule has 0 amide bonds. The monoisotopic (exact) mass is 271 g/mol. The van der Waals surface area contributed by atoms with Crippen LogP contribution in [0.3, 0.4) is 0 Å². The van der Waals surface area contributed by atoms with Crippen LogP contribution in [0.4, 0.5) is 0 Å². The Morgan fingerprint density at radius 1 is 1.35 bits per heavy atom. The number of hydrogen-bond acceptors (Lipinski definition) is 2. The van der Waals surface area contributed by atoms with Crippen molar-refractivity contribution in [3.63, 3.8) is 0 Å². The maximum absolute atomic E-state index is 4.24. The summed E-state index contributed by atoms with van der Waals surface area (Å²) >= 11 is 0. The molecule has 0 aliphatic rings. The van der Waals surface area contributed by atoms with Crippen molar-refractivity contribution in [3.05, 3.63) is 53.3 Å². The number of benzene rings is 1. The molecule has 1 unspecified atom stereocenters. The van der Waals surface area contributed by atoms with Gasteiger partial charge >= 0.3 is 0 Å². The first-order valence-corrected chi connectivity index (χ1v) is 7.44. The maximum atomic E-state index is 4.24. The third-order valence-electron chi connectivity index (χ3n) is 3.69. The summed E-state index contributed by atoms with van der Waals surface area (Å²) in [6.45, 7) is 6.39. The summed E-state index contributed by atoms with van der Waals surface area (Å²) in [6, 6.07) is 8.88.